The van der Waals surface area contributed by atoms with E-state index in [0.29, 0.717) is 15.9 Å². The van der Waals surface area contributed by atoms with Gasteiger partial charge in [-0.3, -0.25) is 9.56 Å². The number of halogens is 2. The van der Waals surface area contributed by atoms with E-state index in [1.807, 2.05) is 30.3 Å². The minimum Gasteiger partial charge on any atom is -0.276 e. The van der Waals surface area contributed by atoms with Crippen molar-refractivity contribution in [3.63, 3.8) is 0 Å². The van der Waals surface area contributed by atoms with Crippen LogP contribution in [0.5, 0.6) is 0 Å². The fourth-order valence-corrected chi connectivity index (χ4v) is 4.39. The minimum atomic E-state index is -0.145. The van der Waals surface area contributed by atoms with Gasteiger partial charge in [0, 0.05) is 21.6 Å². The van der Waals surface area contributed by atoms with Crippen molar-refractivity contribution in [1.29, 1.82) is 0 Å². The summed E-state index contributed by atoms with van der Waals surface area (Å²) in [6, 6.07) is 9.68. The van der Waals surface area contributed by atoms with Gasteiger partial charge in [-0.2, -0.15) is 0 Å². The van der Waals surface area contributed by atoms with Crippen LogP contribution in [0.2, 0.25) is 9.36 Å². The molecule has 0 saturated heterocycles. The molecule has 4 nitrogen and oxygen atoms in total. The smallest absolute Gasteiger partial charge is 0.160 e. The van der Waals surface area contributed by atoms with Gasteiger partial charge in [0.2, 0.25) is 0 Å². The lowest BCUT2D eigenvalue weighted by Crippen LogP contribution is -2.19. The molecule has 128 valence electrons. The molecule has 0 N–H and O–H groups in total. The topological polar surface area (TPSA) is 43.1 Å². The third-order valence-corrected chi connectivity index (χ3v) is 5.63. The first-order valence-electron chi connectivity index (χ1n) is 7.90. The van der Waals surface area contributed by atoms with Crippen LogP contribution in [0.25, 0.3) is 5.00 Å². The molecule has 0 radical (unpaired) electrons. The van der Waals surface area contributed by atoms with E-state index in [0.717, 1.165) is 33.5 Å². The second kappa shape index (κ2) is 5.94. The summed E-state index contributed by atoms with van der Waals surface area (Å²) in [6.07, 6.45) is 0. The Morgan fingerprint density at radius 3 is 2.56 bits per heavy atom. The molecular formula is C18H16Cl2N4S. The number of aliphatic imine (C=N–C) groups is 1. The normalized spacial score (nSPS) is 13.9. The Labute approximate surface area is 160 Å². The van der Waals surface area contributed by atoms with Gasteiger partial charge in [-0.15, -0.1) is 21.5 Å². The molecule has 0 amide bonds. The molecule has 0 saturated carbocycles. The highest BCUT2D eigenvalue weighted by Crippen LogP contribution is 2.38. The van der Waals surface area contributed by atoms with E-state index >= 15 is 0 Å². The number of hydrogen-bond acceptors (Lipinski definition) is 4. The van der Waals surface area contributed by atoms with Crippen molar-refractivity contribution in [1.82, 2.24) is 14.8 Å². The summed E-state index contributed by atoms with van der Waals surface area (Å²) in [4.78, 5) is 4.80. The molecule has 2 aromatic heterocycles. The molecule has 0 bridgehead atoms. The van der Waals surface area contributed by atoms with Crippen molar-refractivity contribution in [2.24, 2.45) is 4.99 Å². The Bertz CT molecular complexity index is 995. The number of nitrogens with zero attached hydrogens (tertiary/aromatic N) is 4. The second-order valence-electron chi connectivity index (χ2n) is 6.94. The van der Waals surface area contributed by atoms with E-state index in [4.69, 9.17) is 28.2 Å². The fourth-order valence-electron chi connectivity index (χ4n) is 2.92. The fraction of sp³-hybridized carbons (Fsp3) is 0.278. The van der Waals surface area contributed by atoms with Gasteiger partial charge in [0.15, 0.2) is 5.82 Å². The van der Waals surface area contributed by atoms with Crippen molar-refractivity contribution in [2.75, 3.05) is 0 Å². The van der Waals surface area contributed by atoms with Gasteiger partial charge in [-0.05, 0) is 12.1 Å². The van der Waals surface area contributed by atoms with Gasteiger partial charge in [0.05, 0.1) is 10.0 Å². The molecule has 4 rings (SSSR count). The zero-order valence-electron chi connectivity index (χ0n) is 14.0. The Balaban J connectivity index is 1.99. The van der Waals surface area contributed by atoms with Gasteiger partial charge in [0.1, 0.15) is 17.4 Å². The van der Waals surface area contributed by atoms with Gasteiger partial charge in [0.25, 0.3) is 0 Å². The van der Waals surface area contributed by atoms with Crippen LogP contribution >= 0.6 is 34.5 Å². The highest BCUT2D eigenvalue weighted by molar-refractivity contribution is 7.19. The van der Waals surface area contributed by atoms with Crippen molar-refractivity contribution in [3.05, 3.63) is 62.5 Å². The van der Waals surface area contributed by atoms with Crippen LogP contribution in [0, 0.1) is 0 Å². The Morgan fingerprint density at radius 1 is 1.08 bits per heavy atom. The number of fused-ring (bicyclic) bond motifs is 3. The lowest BCUT2D eigenvalue weighted by molar-refractivity contribution is 0.532. The molecule has 0 spiro atoms. The molecule has 0 unspecified atom stereocenters. The number of thiophene rings is 1. The highest BCUT2D eigenvalue weighted by Gasteiger charge is 2.30. The molecule has 1 aliphatic heterocycles. The van der Waals surface area contributed by atoms with Crippen molar-refractivity contribution >= 4 is 40.3 Å². The maximum absolute atomic E-state index is 6.43. The first-order chi connectivity index (χ1) is 11.9. The van der Waals surface area contributed by atoms with E-state index in [1.54, 1.807) is 0 Å². The SMILES string of the molecule is CC(C)(C)c1nnc2n1-c1sc(Cl)cc1C(c1ccccc1Cl)=NC2. The van der Waals surface area contributed by atoms with E-state index in [2.05, 4.69) is 35.5 Å². The van der Waals surface area contributed by atoms with E-state index in [-0.39, 0.29) is 5.41 Å². The Morgan fingerprint density at radius 2 is 1.84 bits per heavy atom. The van der Waals surface area contributed by atoms with Crippen LogP contribution in [0.3, 0.4) is 0 Å². The summed E-state index contributed by atoms with van der Waals surface area (Å²) in [5.41, 5.74) is 2.56. The molecule has 25 heavy (non-hydrogen) atoms. The highest BCUT2D eigenvalue weighted by atomic mass is 35.5. The summed E-state index contributed by atoms with van der Waals surface area (Å²) >= 11 is 14.3. The van der Waals surface area contributed by atoms with E-state index in [9.17, 15) is 0 Å². The van der Waals surface area contributed by atoms with Gasteiger partial charge in [-0.1, -0.05) is 62.2 Å². The first-order valence-corrected chi connectivity index (χ1v) is 9.47. The third kappa shape index (κ3) is 2.80. The van der Waals surface area contributed by atoms with Gasteiger partial charge >= 0.3 is 0 Å². The summed E-state index contributed by atoms with van der Waals surface area (Å²) < 4.78 is 2.80. The van der Waals surface area contributed by atoms with Crippen LogP contribution in [-0.2, 0) is 12.0 Å². The Kier molecular flexibility index (Phi) is 3.98. The first kappa shape index (κ1) is 16.8. The number of hydrogen-bond donors (Lipinski definition) is 0. The quantitative estimate of drug-likeness (QED) is 0.566. The maximum Gasteiger partial charge on any atom is 0.160 e. The lowest BCUT2D eigenvalue weighted by Gasteiger charge is -2.19. The summed E-state index contributed by atoms with van der Waals surface area (Å²) in [5, 5.41) is 10.5. The molecule has 1 aliphatic rings. The third-order valence-electron chi connectivity index (χ3n) is 4.05. The van der Waals surface area contributed by atoms with Crippen molar-refractivity contribution in [3.8, 4) is 5.00 Å². The van der Waals surface area contributed by atoms with E-state index < -0.39 is 0 Å². The lowest BCUT2D eigenvalue weighted by atomic mass is 9.95. The minimum absolute atomic E-state index is 0.145. The summed E-state index contributed by atoms with van der Waals surface area (Å²) in [6.45, 7) is 6.82. The molecule has 0 atom stereocenters. The van der Waals surface area contributed by atoms with Crippen LogP contribution in [-0.4, -0.2) is 20.5 Å². The molecule has 3 aromatic rings. The Hall–Kier alpha value is -1.69. The average Bonchev–Trinajstić information content (AvgIpc) is 3.09. The van der Waals surface area contributed by atoms with E-state index in [1.165, 1.54) is 11.3 Å². The van der Waals surface area contributed by atoms with Crippen LogP contribution in [0.15, 0.2) is 35.3 Å². The number of benzene rings is 1. The van der Waals surface area contributed by atoms with Crippen molar-refractivity contribution < 1.29 is 0 Å². The molecule has 1 aromatic carbocycles. The predicted molar refractivity (Wildman–Crippen MR) is 104 cm³/mol. The summed E-state index contributed by atoms with van der Waals surface area (Å²) in [7, 11) is 0. The zero-order chi connectivity index (χ0) is 17.8. The van der Waals surface area contributed by atoms with Crippen LogP contribution in [0.1, 0.15) is 43.5 Å². The maximum atomic E-state index is 6.43. The number of aromatic nitrogens is 3. The molecule has 0 fully saturated rings. The van der Waals surface area contributed by atoms with Crippen LogP contribution in [0.4, 0.5) is 0 Å². The van der Waals surface area contributed by atoms with Gasteiger partial charge < -0.3 is 0 Å². The average molecular weight is 391 g/mol. The van der Waals surface area contributed by atoms with Crippen LogP contribution < -0.4 is 0 Å². The van der Waals surface area contributed by atoms with Gasteiger partial charge in [-0.25, -0.2) is 0 Å². The molecule has 3 heterocycles. The standard InChI is InChI=1S/C18H16Cl2N4S/c1-18(2,3)17-23-22-14-9-21-15(10-6-4-5-7-12(10)19)11-8-13(20)25-16(11)24(14)17/h4-8H,9H2,1-3H3. The molecule has 7 heteroatoms. The molecule has 0 aliphatic carbocycles. The monoisotopic (exact) mass is 390 g/mol. The zero-order valence-corrected chi connectivity index (χ0v) is 16.4. The second-order valence-corrected chi connectivity index (χ2v) is 9.01. The largest absolute Gasteiger partial charge is 0.276 e. The van der Waals surface area contributed by atoms with Crippen molar-refractivity contribution in [2.45, 2.75) is 32.7 Å². The number of rotatable bonds is 1. The predicted octanol–water partition coefficient (Wildman–Crippen LogP) is 5.28. The molecular weight excluding hydrogens is 375 g/mol. The summed E-state index contributed by atoms with van der Waals surface area (Å²) in [5.74, 6) is 1.71.